The van der Waals surface area contributed by atoms with Gasteiger partial charge < -0.3 is 0 Å². The SMILES string of the molecule is CCc1cc(C(C)=O)c(SC)s1. The first-order valence-electron chi connectivity index (χ1n) is 3.86. The van der Waals surface area contributed by atoms with Gasteiger partial charge in [0.25, 0.3) is 0 Å². The largest absolute Gasteiger partial charge is 0.294 e. The van der Waals surface area contributed by atoms with Crippen molar-refractivity contribution in [1.82, 2.24) is 0 Å². The Labute approximate surface area is 81.2 Å². The van der Waals surface area contributed by atoms with Crippen LogP contribution in [0.1, 0.15) is 29.1 Å². The number of Topliss-reactive ketones (excluding diaryl/α,β-unsaturated/α-hetero) is 1. The molecule has 1 heterocycles. The van der Waals surface area contributed by atoms with E-state index in [0.29, 0.717) is 0 Å². The molecule has 0 aromatic carbocycles. The van der Waals surface area contributed by atoms with Crippen molar-refractivity contribution >= 4 is 28.9 Å². The minimum Gasteiger partial charge on any atom is -0.294 e. The zero-order valence-corrected chi connectivity index (χ0v) is 9.14. The molecule has 12 heavy (non-hydrogen) atoms. The molecule has 0 aliphatic rings. The van der Waals surface area contributed by atoms with Crippen LogP contribution < -0.4 is 0 Å². The van der Waals surface area contributed by atoms with E-state index in [4.69, 9.17) is 0 Å². The van der Waals surface area contributed by atoms with Crippen LogP contribution in [0.5, 0.6) is 0 Å². The highest BCUT2D eigenvalue weighted by Gasteiger charge is 2.10. The lowest BCUT2D eigenvalue weighted by molar-refractivity contribution is 0.101. The van der Waals surface area contributed by atoms with Crippen molar-refractivity contribution in [2.45, 2.75) is 24.5 Å². The van der Waals surface area contributed by atoms with E-state index in [1.807, 2.05) is 12.3 Å². The number of thioether (sulfide) groups is 1. The highest BCUT2D eigenvalue weighted by molar-refractivity contribution is 8.00. The zero-order chi connectivity index (χ0) is 9.14. The normalized spacial score (nSPS) is 10.2. The van der Waals surface area contributed by atoms with Gasteiger partial charge in [0.05, 0.1) is 4.21 Å². The second kappa shape index (κ2) is 4.10. The minimum atomic E-state index is 0.176. The van der Waals surface area contributed by atoms with Gasteiger partial charge >= 0.3 is 0 Å². The quantitative estimate of drug-likeness (QED) is 0.550. The standard InChI is InChI=1S/C9H12OS2/c1-4-7-5-8(6(2)10)9(11-3)12-7/h5H,4H2,1-3H3. The van der Waals surface area contributed by atoms with Crippen LogP contribution in [0.25, 0.3) is 0 Å². The summed E-state index contributed by atoms with van der Waals surface area (Å²) in [5.41, 5.74) is 0.893. The lowest BCUT2D eigenvalue weighted by Gasteiger charge is -1.92. The van der Waals surface area contributed by atoms with Crippen LogP contribution in [0.15, 0.2) is 10.3 Å². The van der Waals surface area contributed by atoms with Crippen molar-refractivity contribution in [3.05, 3.63) is 16.5 Å². The second-order valence-corrected chi connectivity index (χ2v) is 4.74. The second-order valence-electron chi connectivity index (χ2n) is 2.53. The summed E-state index contributed by atoms with van der Waals surface area (Å²) in [6.07, 6.45) is 3.03. The molecule has 1 aromatic heterocycles. The Balaban J connectivity index is 3.08. The number of hydrogen-bond donors (Lipinski definition) is 0. The molecule has 0 aliphatic heterocycles. The zero-order valence-electron chi connectivity index (χ0n) is 7.51. The molecule has 3 heteroatoms. The summed E-state index contributed by atoms with van der Waals surface area (Å²) in [5.74, 6) is 0.176. The Morgan fingerprint density at radius 3 is 2.67 bits per heavy atom. The van der Waals surface area contributed by atoms with Crippen LogP contribution in [-0.4, -0.2) is 12.0 Å². The number of rotatable bonds is 3. The van der Waals surface area contributed by atoms with Crippen molar-refractivity contribution in [1.29, 1.82) is 0 Å². The van der Waals surface area contributed by atoms with E-state index in [-0.39, 0.29) is 5.78 Å². The van der Waals surface area contributed by atoms with E-state index in [0.717, 1.165) is 16.2 Å². The molecule has 1 aromatic rings. The van der Waals surface area contributed by atoms with E-state index in [9.17, 15) is 4.79 Å². The topological polar surface area (TPSA) is 17.1 Å². The number of aryl methyl sites for hydroxylation is 1. The Hall–Kier alpha value is -0.280. The summed E-state index contributed by atoms with van der Waals surface area (Å²) in [5, 5.41) is 0. The van der Waals surface area contributed by atoms with Crippen molar-refractivity contribution in [2.24, 2.45) is 0 Å². The van der Waals surface area contributed by atoms with E-state index in [1.165, 1.54) is 4.88 Å². The van der Waals surface area contributed by atoms with Crippen LogP contribution >= 0.6 is 23.1 Å². The molecule has 0 saturated heterocycles. The number of ketones is 1. The predicted octanol–water partition coefficient (Wildman–Crippen LogP) is 3.24. The molecule has 0 radical (unpaired) electrons. The maximum Gasteiger partial charge on any atom is 0.161 e. The molecule has 0 saturated carbocycles. The molecule has 0 bridgehead atoms. The van der Waals surface area contributed by atoms with Gasteiger partial charge in [-0.2, -0.15) is 0 Å². The predicted molar refractivity (Wildman–Crippen MR) is 55.5 cm³/mol. The molecular weight excluding hydrogens is 188 g/mol. The number of carbonyl (C=O) groups excluding carboxylic acids is 1. The van der Waals surface area contributed by atoms with Crippen molar-refractivity contribution in [3.8, 4) is 0 Å². The Morgan fingerprint density at radius 1 is 1.67 bits per heavy atom. The molecule has 0 aliphatic carbocycles. The summed E-state index contributed by atoms with van der Waals surface area (Å²) in [6, 6.07) is 2.01. The molecule has 66 valence electrons. The van der Waals surface area contributed by atoms with Gasteiger partial charge in [-0.1, -0.05) is 6.92 Å². The summed E-state index contributed by atoms with van der Waals surface area (Å²) in [4.78, 5) is 12.4. The van der Waals surface area contributed by atoms with Gasteiger partial charge in [0.1, 0.15) is 0 Å². The maximum atomic E-state index is 11.1. The van der Waals surface area contributed by atoms with Crippen LogP contribution in [0.4, 0.5) is 0 Å². The van der Waals surface area contributed by atoms with Crippen LogP contribution in [0, 0.1) is 0 Å². The summed E-state index contributed by atoms with van der Waals surface area (Å²) in [6.45, 7) is 3.74. The average Bonchev–Trinajstić information content (AvgIpc) is 2.47. The number of hydrogen-bond acceptors (Lipinski definition) is 3. The van der Waals surface area contributed by atoms with Gasteiger partial charge in [-0.25, -0.2) is 0 Å². The summed E-state index contributed by atoms with van der Waals surface area (Å²) >= 11 is 3.39. The third kappa shape index (κ3) is 1.90. The van der Waals surface area contributed by atoms with Gasteiger partial charge in [0, 0.05) is 10.4 Å². The molecule has 0 N–H and O–H groups in total. The summed E-state index contributed by atoms with van der Waals surface area (Å²) in [7, 11) is 0. The number of thiophene rings is 1. The fourth-order valence-electron chi connectivity index (χ4n) is 0.995. The van der Waals surface area contributed by atoms with E-state index < -0.39 is 0 Å². The van der Waals surface area contributed by atoms with Crippen LogP contribution in [0.3, 0.4) is 0 Å². The molecule has 0 fully saturated rings. The molecule has 0 amide bonds. The molecule has 1 nitrogen and oxygen atoms in total. The van der Waals surface area contributed by atoms with E-state index >= 15 is 0 Å². The molecular formula is C9H12OS2. The van der Waals surface area contributed by atoms with Crippen molar-refractivity contribution < 1.29 is 4.79 Å². The van der Waals surface area contributed by atoms with Gasteiger partial charge in [0.15, 0.2) is 5.78 Å². The molecule has 0 unspecified atom stereocenters. The highest BCUT2D eigenvalue weighted by atomic mass is 32.2. The van der Waals surface area contributed by atoms with Gasteiger partial charge in [0.2, 0.25) is 0 Å². The first kappa shape index (κ1) is 9.81. The Morgan fingerprint density at radius 2 is 2.33 bits per heavy atom. The third-order valence-electron chi connectivity index (χ3n) is 1.66. The van der Waals surface area contributed by atoms with Crippen molar-refractivity contribution in [2.75, 3.05) is 6.26 Å². The first-order valence-corrected chi connectivity index (χ1v) is 5.90. The Kier molecular flexibility index (Phi) is 3.35. The minimum absolute atomic E-state index is 0.176. The lowest BCUT2D eigenvalue weighted by Crippen LogP contribution is -1.89. The maximum absolute atomic E-state index is 11.1. The lowest BCUT2D eigenvalue weighted by atomic mass is 10.2. The molecule has 1 rings (SSSR count). The first-order chi connectivity index (χ1) is 5.69. The van der Waals surface area contributed by atoms with Crippen LogP contribution in [0.2, 0.25) is 0 Å². The van der Waals surface area contributed by atoms with Gasteiger partial charge in [-0.15, -0.1) is 23.1 Å². The smallest absolute Gasteiger partial charge is 0.161 e. The van der Waals surface area contributed by atoms with Crippen molar-refractivity contribution in [3.63, 3.8) is 0 Å². The van der Waals surface area contributed by atoms with Gasteiger partial charge in [-0.05, 0) is 25.7 Å². The molecule has 0 atom stereocenters. The fraction of sp³-hybridized carbons (Fsp3) is 0.444. The van der Waals surface area contributed by atoms with E-state index in [2.05, 4.69) is 6.92 Å². The Bertz CT molecular complexity index is 289. The average molecular weight is 200 g/mol. The third-order valence-corrected chi connectivity index (χ3v) is 4.08. The molecule has 0 spiro atoms. The number of carbonyl (C=O) groups is 1. The van der Waals surface area contributed by atoms with E-state index in [1.54, 1.807) is 30.0 Å². The summed E-state index contributed by atoms with van der Waals surface area (Å²) < 4.78 is 1.15. The monoisotopic (exact) mass is 200 g/mol. The highest BCUT2D eigenvalue weighted by Crippen LogP contribution is 2.31. The fourth-order valence-corrected chi connectivity index (χ4v) is 2.94. The van der Waals surface area contributed by atoms with Gasteiger partial charge in [-0.3, -0.25) is 4.79 Å². The van der Waals surface area contributed by atoms with Crippen LogP contribution in [-0.2, 0) is 6.42 Å².